The standard InChI is InChI=1S/C17H23N3O2S.HI/c1-18-17(20-11-14-7-10-23-13-14)19-8-9-22-12-15-5-3-4-6-16(15)21-2;/h3-7,10,13H,8-9,11-12H2,1-2H3,(H2,18,19,20);1H. The van der Waals surface area contributed by atoms with Crippen LogP contribution in [0.4, 0.5) is 0 Å². The highest BCUT2D eigenvalue weighted by Crippen LogP contribution is 2.17. The average Bonchev–Trinajstić information content (AvgIpc) is 3.11. The van der Waals surface area contributed by atoms with Crippen molar-refractivity contribution in [3.8, 4) is 5.75 Å². The van der Waals surface area contributed by atoms with Crippen molar-refractivity contribution in [2.45, 2.75) is 13.2 Å². The fourth-order valence-electron chi connectivity index (χ4n) is 2.05. The lowest BCUT2D eigenvalue weighted by molar-refractivity contribution is 0.123. The van der Waals surface area contributed by atoms with Crippen LogP contribution in [-0.4, -0.2) is 33.3 Å². The molecule has 24 heavy (non-hydrogen) atoms. The summed E-state index contributed by atoms with van der Waals surface area (Å²) in [6, 6.07) is 9.98. The summed E-state index contributed by atoms with van der Waals surface area (Å²) in [6.45, 7) is 2.59. The molecular weight excluding hydrogens is 437 g/mol. The second kappa shape index (κ2) is 12.1. The molecule has 0 radical (unpaired) electrons. The van der Waals surface area contributed by atoms with Crippen LogP contribution in [0.15, 0.2) is 46.1 Å². The van der Waals surface area contributed by atoms with E-state index in [1.807, 2.05) is 24.3 Å². The minimum absolute atomic E-state index is 0. The van der Waals surface area contributed by atoms with Gasteiger partial charge in [0.25, 0.3) is 0 Å². The molecular formula is C17H24IN3O2S. The van der Waals surface area contributed by atoms with Gasteiger partial charge >= 0.3 is 0 Å². The second-order valence-electron chi connectivity index (χ2n) is 4.85. The molecule has 132 valence electrons. The van der Waals surface area contributed by atoms with Crippen molar-refractivity contribution in [2.24, 2.45) is 4.99 Å². The van der Waals surface area contributed by atoms with E-state index in [1.54, 1.807) is 25.5 Å². The number of para-hydroxylation sites is 1. The molecule has 2 N–H and O–H groups in total. The molecule has 0 bridgehead atoms. The number of hydrogen-bond donors (Lipinski definition) is 2. The largest absolute Gasteiger partial charge is 0.496 e. The van der Waals surface area contributed by atoms with E-state index < -0.39 is 0 Å². The summed E-state index contributed by atoms with van der Waals surface area (Å²) < 4.78 is 11.0. The third-order valence-electron chi connectivity index (χ3n) is 3.25. The summed E-state index contributed by atoms with van der Waals surface area (Å²) >= 11 is 1.69. The Morgan fingerprint density at radius 3 is 2.75 bits per heavy atom. The van der Waals surface area contributed by atoms with Crippen LogP contribution in [0.1, 0.15) is 11.1 Å². The quantitative estimate of drug-likeness (QED) is 0.274. The summed E-state index contributed by atoms with van der Waals surface area (Å²) in [6.07, 6.45) is 0. The highest BCUT2D eigenvalue weighted by Gasteiger charge is 2.02. The molecule has 5 nitrogen and oxygen atoms in total. The molecule has 0 atom stereocenters. The zero-order valence-corrected chi connectivity index (χ0v) is 17.1. The molecule has 1 aromatic carbocycles. The van der Waals surface area contributed by atoms with E-state index in [4.69, 9.17) is 9.47 Å². The Balaban J connectivity index is 0.00000288. The van der Waals surface area contributed by atoms with Crippen LogP contribution in [-0.2, 0) is 17.9 Å². The van der Waals surface area contributed by atoms with Crippen LogP contribution in [0, 0.1) is 0 Å². The van der Waals surface area contributed by atoms with E-state index in [0.29, 0.717) is 19.8 Å². The van der Waals surface area contributed by atoms with Gasteiger partial charge in [0, 0.05) is 25.7 Å². The third kappa shape index (κ3) is 7.06. The maximum absolute atomic E-state index is 5.68. The SMILES string of the molecule is CN=C(NCCOCc1ccccc1OC)NCc1ccsc1.I. The molecule has 1 heterocycles. The van der Waals surface area contributed by atoms with Crippen LogP contribution in [0.3, 0.4) is 0 Å². The Kier molecular flexibility index (Phi) is 10.4. The number of nitrogens with zero attached hydrogens (tertiary/aromatic N) is 1. The van der Waals surface area contributed by atoms with Gasteiger partial charge in [-0.25, -0.2) is 0 Å². The summed E-state index contributed by atoms with van der Waals surface area (Å²) in [5.74, 6) is 1.63. The van der Waals surface area contributed by atoms with E-state index >= 15 is 0 Å². The normalized spacial score (nSPS) is 10.8. The predicted molar refractivity (Wildman–Crippen MR) is 111 cm³/mol. The van der Waals surface area contributed by atoms with Crippen LogP contribution in [0.25, 0.3) is 0 Å². The molecule has 0 aliphatic heterocycles. The van der Waals surface area contributed by atoms with Gasteiger partial charge in [-0.15, -0.1) is 24.0 Å². The van der Waals surface area contributed by atoms with Gasteiger partial charge in [-0.2, -0.15) is 11.3 Å². The first-order chi connectivity index (χ1) is 11.3. The van der Waals surface area contributed by atoms with E-state index in [2.05, 4.69) is 32.5 Å². The number of methoxy groups -OCH3 is 1. The fourth-order valence-corrected chi connectivity index (χ4v) is 2.71. The maximum Gasteiger partial charge on any atom is 0.191 e. The Morgan fingerprint density at radius 2 is 2.04 bits per heavy atom. The number of hydrogen-bond acceptors (Lipinski definition) is 4. The molecule has 0 saturated carbocycles. The Morgan fingerprint density at radius 1 is 1.21 bits per heavy atom. The molecule has 0 unspecified atom stereocenters. The second-order valence-corrected chi connectivity index (χ2v) is 5.63. The monoisotopic (exact) mass is 461 g/mol. The minimum atomic E-state index is 0. The first kappa shape index (κ1) is 20.7. The van der Waals surface area contributed by atoms with E-state index in [-0.39, 0.29) is 24.0 Å². The van der Waals surface area contributed by atoms with Crippen LogP contribution < -0.4 is 15.4 Å². The minimum Gasteiger partial charge on any atom is -0.496 e. The first-order valence-electron chi connectivity index (χ1n) is 7.48. The summed E-state index contributed by atoms with van der Waals surface area (Å²) in [5.41, 5.74) is 2.31. The van der Waals surface area contributed by atoms with Gasteiger partial charge in [0.1, 0.15) is 5.75 Å². The topological polar surface area (TPSA) is 54.9 Å². The Bertz CT molecular complexity index is 606. The number of rotatable bonds is 8. The molecule has 0 fully saturated rings. The van der Waals surface area contributed by atoms with Crippen molar-refractivity contribution in [1.29, 1.82) is 0 Å². The van der Waals surface area contributed by atoms with Crippen molar-refractivity contribution >= 4 is 41.3 Å². The van der Waals surface area contributed by atoms with Crippen molar-refractivity contribution < 1.29 is 9.47 Å². The molecule has 0 aliphatic rings. The highest BCUT2D eigenvalue weighted by molar-refractivity contribution is 14.0. The van der Waals surface area contributed by atoms with Crippen LogP contribution >= 0.6 is 35.3 Å². The summed E-state index contributed by atoms with van der Waals surface area (Å²) in [4.78, 5) is 4.19. The molecule has 2 aromatic rings. The highest BCUT2D eigenvalue weighted by atomic mass is 127. The molecule has 2 rings (SSSR count). The number of halogens is 1. The molecule has 7 heteroatoms. The number of thiophene rings is 1. The van der Waals surface area contributed by atoms with E-state index in [1.165, 1.54) is 5.56 Å². The number of aliphatic imine (C=N–C) groups is 1. The van der Waals surface area contributed by atoms with E-state index in [9.17, 15) is 0 Å². The van der Waals surface area contributed by atoms with Crippen molar-refractivity contribution in [2.75, 3.05) is 27.3 Å². The molecule has 0 amide bonds. The summed E-state index contributed by atoms with van der Waals surface area (Å²) in [7, 11) is 3.43. The average molecular weight is 461 g/mol. The zero-order chi connectivity index (χ0) is 16.3. The third-order valence-corrected chi connectivity index (χ3v) is 3.98. The molecule has 0 saturated heterocycles. The number of benzene rings is 1. The van der Waals surface area contributed by atoms with Crippen molar-refractivity contribution in [1.82, 2.24) is 10.6 Å². The van der Waals surface area contributed by atoms with Crippen molar-refractivity contribution in [3.63, 3.8) is 0 Å². The fraction of sp³-hybridized carbons (Fsp3) is 0.353. The summed E-state index contributed by atoms with van der Waals surface area (Å²) in [5, 5.41) is 10.7. The van der Waals surface area contributed by atoms with Gasteiger partial charge < -0.3 is 20.1 Å². The van der Waals surface area contributed by atoms with Gasteiger partial charge in [-0.3, -0.25) is 4.99 Å². The molecule has 1 aromatic heterocycles. The zero-order valence-electron chi connectivity index (χ0n) is 14.0. The predicted octanol–water partition coefficient (Wildman–Crippen LogP) is 3.26. The maximum atomic E-state index is 5.68. The molecule has 0 spiro atoms. The smallest absolute Gasteiger partial charge is 0.191 e. The number of guanidine groups is 1. The Labute approximate surface area is 164 Å². The number of nitrogens with one attached hydrogen (secondary N) is 2. The Hall–Kier alpha value is -1.32. The van der Waals surface area contributed by atoms with E-state index in [0.717, 1.165) is 23.8 Å². The first-order valence-corrected chi connectivity index (χ1v) is 8.43. The van der Waals surface area contributed by atoms with Crippen LogP contribution in [0.2, 0.25) is 0 Å². The van der Waals surface area contributed by atoms with Gasteiger partial charge in [0.2, 0.25) is 0 Å². The van der Waals surface area contributed by atoms with Gasteiger partial charge in [-0.1, -0.05) is 18.2 Å². The number of ether oxygens (including phenoxy) is 2. The lowest BCUT2D eigenvalue weighted by Crippen LogP contribution is -2.38. The van der Waals surface area contributed by atoms with Gasteiger partial charge in [0.05, 0.1) is 20.3 Å². The van der Waals surface area contributed by atoms with Gasteiger partial charge in [0.15, 0.2) is 5.96 Å². The lowest BCUT2D eigenvalue weighted by Gasteiger charge is -2.12. The van der Waals surface area contributed by atoms with Gasteiger partial charge in [-0.05, 0) is 28.5 Å². The lowest BCUT2D eigenvalue weighted by atomic mass is 10.2. The van der Waals surface area contributed by atoms with Crippen LogP contribution in [0.5, 0.6) is 5.75 Å². The molecule has 0 aliphatic carbocycles. The van der Waals surface area contributed by atoms with Crippen molar-refractivity contribution in [3.05, 3.63) is 52.2 Å².